The Morgan fingerprint density at radius 2 is 0.634 bits per heavy atom. The van der Waals surface area contributed by atoms with E-state index < -0.39 is 0 Å². The smallest absolute Gasteiger partial charge is 0.228 e. The number of aromatic nitrogens is 11. The molecule has 21 heteroatoms. The van der Waals surface area contributed by atoms with Gasteiger partial charge in [0, 0.05) is 147 Å². The van der Waals surface area contributed by atoms with Crippen LogP contribution in [0.15, 0.2) is 262 Å². The van der Waals surface area contributed by atoms with Crippen LogP contribution in [0.1, 0.15) is 33.5 Å². The molecule has 0 bridgehead atoms. The van der Waals surface area contributed by atoms with Crippen molar-refractivity contribution in [2.75, 3.05) is 58.2 Å². The molecule has 496 valence electrons. The van der Waals surface area contributed by atoms with Crippen LogP contribution >= 0.6 is 0 Å². The number of ether oxygens (including phenoxy) is 5. The van der Waals surface area contributed by atoms with Gasteiger partial charge in [0.2, 0.25) is 5.95 Å². The van der Waals surface area contributed by atoms with Crippen molar-refractivity contribution in [1.82, 2.24) is 54.8 Å². The van der Waals surface area contributed by atoms with Gasteiger partial charge in [-0.2, -0.15) is 0 Å². The highest BCUT2D eigenvalue weighted by Crippen LogP contribution is 2.39. The van der Waals surface area contributed by atoms with E-state index in [2.05, 4.69) is 159 Å². The van der Waals surface area contributed by atoms with Gasteiger partial charge in [-0.25, -0.2) is 24.9 Å². The summed E-state index contributed by atoms with van der Waals surface area (Å²) in [6.45, 7) is 8.44. The number of anilines is 5. The van der Waals surface area contributed by atoms with Crippen molar-refractivity contribution in [3.05, 3.63) is 296 Å². The van der Waals surface area contributed by atoms with E-state index >= 15 is 0 Å². The van der Waals surface area contributed by atoms with Crippen LogP contribution in [-0.2, 0) is 32.7 Å². The third-order valence-corrected chi connectivity index (χ3v) is 17.7. The van der Waals surface area contributed by atoms with Gasteiger partial charge in [-0.15, -0.1) is 0 Å². The topological polar surface area (TPSA) is 204 Å². The molecule has 5 aliphatic heterocycles. The van der Waals surface area contributed by atoms with Crippen LogP contribution in [-0.4, -0.2) is 88.5 Å². The van der Waals surface area contributed by atoms with Gasteiger partial charge in [-0.3, -0.25) is 29.9 Å². The van der Waals surface area contributed by atoms with Crippen LogP contribution in [0.3, 0.4) is 0 Å². The Balaban J connectivity index is 0.0000000980. The molecule has 21 nitrogen and oxygen atoms in total. The molecule has 101 heavy (non-hydrogen) atoms. The third-order valence-electron chi connectivity index (χ3n) is 17.7. The van der Waals surface area contributed by atoms with Crippen molar-refractivity contribution in [2.24, 2.45) is 0 Å². The summed E-state index contributed by atoms with van der Waals surface area (Å²) in [7, 11) is 0. The molecule has 0 aliphatic carbocycles. The Bertz CT molecular complexity index is 4860. The fourth-order valence-electron chi connectivity index (χ4n) is 12.7. The van der Waals surface area contributed by atoms with Crippen molar-refractivity contribution in [3.8, 4) is 28.7 Å². The van der Waals surface area contributed by atoms with Crippen molar-refractivity contribution in [2.45, 2.75) is 39.6 Å². The number of fused-ring (bicyclic) bond motifs is 15. The first-order valence-corrected chi connectivity index (χ1v) is 33.1. The molecule has 0 saturated carbocycles. The summed E-state index contributed by atoms with van der Waals surface area (Å²) < 4.78 is 29.7. The second-order valence-corrected chi connectivity index (χ2v) is 24.3. The van der Waals surface area contributed by atoms with Crippen molar-refractivity contribution in [3.63, 3.8) is 0 Å². The lowest BCUT2D eigenvalue weighted by Gasteiger charge is -2.31. The number of nitrogens with zero attached hydrogens (tertiary/aromatic N) is 16. The summed E-state index contributed by atoms with van der Waals surface area (Å²) in [4.78, 5) is 58.4. The fourth-order valence-corrected chi connectivity index (χ4v) is 12.7. The highest BCUT2D eigenvalue weighted by Gasteiger charge is 2.26. The van der Waals surface area contributed by atoms with Crippen molar-refractivity contribution in [1.29, 1.82) is 0 Å². The van der Waals surface area contributed by atoms with Crippen LogP contribution in [0.5, 0.6) is 28.7 Å². The van der Waals surface area contributed by atoms with E-state index in [1.54, 1.807) is 74.2 Å². The van der Waals surface area contributed by atoms with E-state index in [1.165, 1.54) is 5.56 Å². The second kappa shape index (κ2) is 28.9. The fraction of sp³-hybridized carbons (Fsp3) is 0.138. The van der Waals surface area contributed by atoms with Gasteiger partial charge in [-0.1, -0.05) is 103 Å². The Morgan fingerprint density at radius 1 is 0.267 bits per heavy atom. The number of pyridine rings is 9. The highest BCUT2D eigenvalue weighted by molar-refractivity contribution is 5.90. The Hall–Kier alpha value is -13.2. The number of hydrogen-bond acceptors (Lipinski definition) is 21. The Labute approximate surface area is 581 Å². The number of rotatable bonds is 5. The molecule has 20 rings (SSSR count). The number of benzene rings is 5. The highest BCUT2D eigenvalue weighted by atomic mass is 16.5. The first kappa shape index (κ1) is 62.6. The van der Waals surface area contributed by atoms with Gasteiger partial charge < -0.3 is 48.2 Å². The van der Waals surface area contributed by atoms with E-state index in [9.17, 15) is 0 Å². The lowest BCUT2D eigenvalue weighted by Crippen LogP contribution is -2.33. The zero-order valence-corrected chi connectivity index (χ0v) is 55.1. The van der Waals surface area contributed by atoms with E-state index in [4.69, 9.17) is 23.7 Å². The van der Waals surface area contributed by atoms with E-state index in [-0.39, 0.29) is 0 Å². The minimum atomic E-state index is 0.437. The monoisotopic (exact) mass is 1330 g/mol. The molecule has 5 aliphatic rings. The molecule has 15 heterocycles. The molecule has 0 radical (unpaired) electrons. The van der Waals surface area contributed by atoms with Gasteiger partial charge in [0.05, 0.1) is 31.5 Å². The zero-order chi connectivity index (χ0) is 67.7. The third kappa shape index (κ3) is 13.7. The summed E-state index contributed by atoms with van der Waals surface area (Å²) in [5, 5.41) is 5.54. The van der Waals surface area contributed by atoms with E-state index in [0.717, 1.165) is 167 Å². The Kier molecular flexibility index (Phi) is 17.9. The van der Waals surface area contributed by atoms with Crippen LogP contribution in [0.4, 0.5) is 29.0 Å². The minimum absolute atomic E-state index is 0.437. The molecule has 0 unspecified atom stereocenters. The molecule has 5 aromatic carbocycles. The van der Waals surface area contributed by atoms with Crippen LogP contribution in [0.2, 0.25) is 0 Å². The lowest BCUT2D eigenvalue weighted by atomic mass is 10.1. The van der Waals surface area contributed by atoms with Crippen molar-refractivity contribution >= 4 is 83.5 Å². The molecule has 0 atom stereocenters. The summed E-state index contributed by atoms with van der Waals surface area (Å²) in [5.74, 6) is 7.03. The van der Waals surface area contributed by atoms with Gasteiger partial charge in [0.15, 0.2) is 62.4 Å². The largest absolute Gasteiger partial charge is 0.470 e. The first-order chi connectivity index (χ1) is 50.0. The molecular formula is C80H66N16O5. The van der Waals surface area contributed by atoms with E-state index in [0.29, 0.717) is 39.6 Å². The summed E-state index contributed by atoms with van der Waals surface area (Å²) in [6.07, 6.45) is 21.5. The lowest BCUT2D eigenvalue weighted by molar-refractivity contribution is 0.290. The molecule has 0 saturated heterocycles. The van der Waals surface area contributed by atoms with Crippen LogP contribution in [0.25, 0.3) is 54.5 Å². The standard InChI is InChI=1S/C17H15N3O.3C16H13N3O.C15H12N4O/c1-12-5-6-13-7-8-14-10-20(15-4-2-3-9-18-15)11-21-17(14)16(13)19-12;1-3-12-5-6-13-10-19(14-4-2-7-17-9-14)11-20-16(13)15(12)18-8-1;1-2-12-3-4-13-10-19(14-5-8-17-9-6-14)11-20-16(13)15(12)18-7-1;1-2-8-17-14(5-1)19-10-13-7-6-12-4-3-9-18-15(12)16(13)20-11-19;1-3-11-4-5-12-9-19(15-17-7-2-8-18-15)10-20-14(12)13(11)16-6-1/h2-9H,10-11H2,1H3;3*1-9H,10-11H2;1-8H,9-10H2. The average Bonchev–Trinajstić information content (AvgIpc) is 0.817. The molecule has 0 amide bonds. The summed E-state index contributed by atoms with van der Waals surface area (Å²) >= 11 is 0. The van der Waals surface area contributed by atoms with Crippen LogP contribution in [0, 0.1) is 6.92 Å². The van der Waals surface area contributed by atoms with Gasteiger partial charge >= 0.3 is 0 Å². The van der Waals surface area contributed by atoms with Gasteiger partial charge in [0.25, 0.3) is 0 Å². The predicted octanol–water partition coefficient (Wildman–Crippen LogP) is 14.6. The summed E-state index contributed by atoms with van der Waals surface area (Å²) in [5.41, 5.74) is 13.6. The van der Waals surface area contributed by atoms with E-state index in [1.807, 2.05) is 115 Å². The van der Waals surface area contributed by atoms with Crippen molar-refractivity contribution < 1.29 is 23.7 Å². The van der Waals surface area contributed by atoms with Gasteiger partial charge in [-0.05, 0) is 91.9 Å². The maximum atomic E-state index is 5.98. The molecule has 15 aromatic rings. The van der Waals surface area contributed by atoms with Gasteiger partial charge in [0.1, 0.15) is 39.2 Å². The Morgan fingerprint density at radius 3 is 1.07 bits per heavy atom. The molecule has 0 N–H and O–H groups in total. The normalized spacial score (nSPS) is 13.9. The maximum Gasteiger partial charge on any atom is 0.228 e. The average molecular weight is 1330 g/mol. The minimum Gasteiger partial charge on any atom is -0.470 e. The second-order valence-electron chi connectivity index (χ2n) is 24.3. The quantitative estimate of drug-likeness (QED) is 0.157. The molecular weight excluding hydrogens is 1260 g/mol. The number of aryl methyl sites for hydroxylation is 1. The predicted molar refractivity (Wildman–Crippen MR) is 391 cm³/mol. The zero-order valence-electron chi connectivity index (χ0n) is 55.1. The first-order valence-electron chi connectivity index (χ1n) is 33.1. The molecule has 0 spiro atoms. The number of hydrogen-bond donors (Lipinski definition) is 0. The molecule has 10 aromatic heterocycles. The maximum absolute atomic E-state index is 5.98. The SMILES string of the molecule is Cc1ccc2ccc3c(c2n1)OCN(c1ccccn1)C3.c1ccc(N2COc3c(ccc4cccnc34)C2)nc1.c1cnc(N2COc3c(ccc4cccnc34)C2)nc1.c1cnc2c3c(ccc2c1)CN(c1ccncc1)CO3.c1cncc(N2COc3c(ccc4cccnc34)C2)c1. The van der Waals surface area contributed by atoms with Crippen LogP contribution < -0.4 is 48.2 Å². The molecule has 0 fully saturated rings. The summed E-state index contributed by atoms with van der Waals surface area (Å²) in [6, 6.07) is 62.6.